The average molecular weight is 578 g/mol. The van der Waals surface area contributed by atoms with Crippen molar-refractivity contribution in [3.05, 3.63) is 71.8 Å². The Kier molecular flexibility index (Phi) is 13.4. The van der Waals surface area contributed by atoms with E-state index in [0.29, 0.717) is 50.7 Å². The highest BCUT2D eigenvalue weighted by Crippen LogP contribution is 2.26. The van der Waals surface area contributed by atoms with Gasteiger partial charge in [0.25, 0.3) is 0 Å². The second-order valence-electron chi connectivity index (χ2n) is 13.1. The van der Waals surface area contributed by atoms with Crippen molar-refractivity contribution in [1.82, 2.24) is 15.5 Å². The summed E-state index contributed by atoms with van der Waals surface area (Å²) in [5, 5.41) is 5.87. The smallest absolute Gasteiger partial charge is 0.408 e. The number of alkyl carbamates (subject to hydrolysis) is 1. The van der Waals surface area contributed by atoms with E-state index in [-0.39, 0.29) is 23.8 Å². The highest BCUT2D eigenvalue weighted by Gasteiger charge is 2.29. The zero-order chi connectivity index (χ0) is 30.4. The van der Waals surface area contributed by atoms with Gasteiger partial charge in [0.1, 0.15) is 12.6 Å². The molecule has 1 aliphatic heterocycles. The third kappa shape index (κ3) is 12.7. The Labute approximate surface area is 252 Å². The zero-order valence-corrected chi connectivity index (χ0v) is 26.1. The molecule has 3 rings (SSSR count). The highest BCUT2D eigenvalue weighted by atomic mass is 16.5. The van der Waals surface area contributed by atoms with Crippen molar-refractivity contribution >= 4 is 17.9 Å². The number of piperidine rings is 1. The van der Waals surface area contributed by atoms with E-state index in [2.05, 4.69) is 62.6 Å². The topological polar surface area (TPSA) is 87.7 Å². The average Bonchev–Trinajstić information content (AvgIpc) is 2.95. The monoisotopic (exact) mass is 577 g/mol. The number of unbranched alkanes of at least 4 members (excludes halogenated alkanes) is 1. The number of amides is 3. The minimum atomic E-state index is -0.651. The van der Waals surface area contributed by atoms with Gasteiger partial charge in [-0.25, -0.2) is 4.79 Å². The lowest BCUT2D eigenvalue weighted by Crippen LogP contribution is -2.51. The molecule has 230 valence electrons. The van der Waals surface area contributed by atoms with Gasteiger partial charge in [-0.3, -0.25) is 9.59 Å². The molecule has 1 fully saturated rings. The molecule has 2 aromatic carbocycles. The van der Waals surface area contributed by atoms with Crippen LogP contribution in [0.15, 0.2) is 60.7 Å². The fraction of sp³-hybridized carbons (Fsp3) is 0.571. The number of benzene rings is 2. The highest BCUT2D eigenvalue weighted by molar-refractivity contribution is 5.85. The van der Waals surface area contributed by atoms with Crippen LogP contribution in [0, 0.1) is 17.3 Å². The molecule has 0 aliphatic carbocycles. The Morgan fingerprint density at radius 1 is 0.929 bits per heavy atom. The number of rotatable bonds is 14. The lowest BCUT2D eigenvalue weighted by atomic mass is 9.84. The number of hydrogen-bond donors (Lipinski definition) is 2. The van der Waals surface area contributed by atoms with Crippen molar-refractivity contribution in [3.8, 4) is 0 Å². The maximum atomic E-state index is 13.6. The molecule has 7 heteroatoms. The summed E-state index contributed by atoms with van der Waals surface area (Å²) in [4.78, 5) is 40.5. The van der Waals surface area contributed by atoms with Crippen LogP contribution in [0.4, 0.5) is 4.79 Å². The second-order valence-corrected chi connectivity index (χ2v) is 13.1. The third-order valence-electron chi connectivity index (χ3n) is 7.83. The molecule has 0 bridgehead atoms. The van der Waals surface area contributed by atoms with Gasteiger partial charge in [0.05, 0.1) is 0 Å². The molecule has 2 unspecified atom stereocenters. The summed E-state index contributed by atoms with van der Waals surface area (Å²) >= 11 is 0. The first kappa shape index (κ1) is 33.2. The summed E-state index contributed by atoms with van der Waals surface area (Å²) in [6, 6.07) is 19.3. The van der Waals surface area contributed by atoms with E-state index in [1.165, 1.54) is 5.56 Å². The van der Waals surface area contributed by atoms with Gasteiger partial charge in [0.15, 0.2) is 0 Å². The first-order valence-corrected chi connectivity index (χ1v) is 15.7. The maximum absolute atomic E-state index is 13.6. The molecule has 3 amide bonds. The van der Waals surface area contributed by atoms with Gasteiger partial charge in [-0.2, -0.15) is 0 Å². The molecule has 42 heavy (non-hydrogen) atoms. The number of hydrogen-bond acceptors (Lipinski definition) is 4. The molecule has 0 aromatic heterocycles. The Bertz CT molecular complexity index is 1090. The van der Waals surface area contributed by atoms with E-state index >= 15 is 0 Å². The lowest BCUT2D eigenvalue weighted by Gasteiger charge is -2.34. The molecule has 2 atom stereocenters. The van der Waals surface area contributed by atoms with Crippen molar-refractivity contribution < 1.29 is 19.1 Å². The van der Waals surface area contributed by atoms with Gasteiger partial charge >= 0.3 is 6.09 Å². The number of nitrogens with zero attached hydrogens (tertiary/aromatic N) is 1. The van der Waals surface area contributed by atoms with Crippen LogP contribution in [-0.4, -0.2) is 48.5 Å². The Morgan fingerprint density at radius 2 is 1.55 bits per heavy atom. The minimum Gasteiger partial charge on any atom is -0.445 e. The van der Waals surface area contributed by atoms with Crippen LogP contribution in [0.5, 0.6) is 0 Å². The minimum absolute atomic E-state index is 0.0511. The number of ether oxygens (including phenoxy) is 1. The Balaban J connectivity index is 1.47. The van der Waals surface area contributed by atoms with Crippen LogP contribution in [0.3, 0.4) is 0 Å². The number of carbonyl (C=O) groups is 3. The van der Waals surface area contributed by atoms with Crippen LogP contribution >= 0.6 is 0 Å². The molecule has 7 nitrogen and oxygen atoms in total. The normalized spacial score (nSPS) is 15.5. The van der Waals surface area contributed by atoms with E-state index < -0.39 is 12.1 Å². The maximum Gasteiger partial charge on any atom is 0.408 e. The van der Waals surface area contributed by atoms with Gasteiger partial charge in [0, 0.05) is 26.1 Å². The van der Waals surface area contributed by atoms with Gasteiger partial charge in [-0.1, -0.05) is 88.4 Å². The SMILES string of the molecule is CC(CC(=O)NCCCCC(NC(=O)OCc1ccccc1)C(=O)N1CCC(Cc2ccccc2)CC1)CC(C)(C)C. The van der Waals surface area contributed by atoms with Crippen molar-refractivity contribution in [2.45, 2.75) is 91.7 Å². The van der Waals surface area contributed by atoms with Crippen molar-refractivity contribution in [2.75, 3.05) is 19.6 Å². The van der Waals surface area contributed by atoms with Crippen LogP contribution in [0.25, 0.3) is 0 Å². The van der Waals surface area contributed by atoms with Crippen molar-refractivity contribution in [1.29, 1.82) is 0 Å². The molecule has 1 heterocycles. The molecule has 0 spiro atoms. The zero-order valence-electron chi connectivity index (χ0n) is 26.1. The second kappa shape index (κ2) is 16.9. The van der Waals surface area contributed by atoms with Gasteiger partial charge in [-0.15, -0.1) is 0 Å². The molecule has 2 aromatic rings. The molecule has 1 aliphatic rings. The first-order valence-electron chi connectivity index (χ1n) is 15.7. The molecule has 0 radical (unpaired) electrons. The van der Waals surface area contributed by atoms with Crippen molar-refractivity contribution in [3.63, 3.8) is 0 Å². The van der Waals surface area contributed by atoms with Crippen LogP contribution in [0.2, 0.25) is 0 Å². The molecule has 1 saturated heterocycles. The summed E-state index contributed by atoms with van der Waals surface area (Å²) in [6.07, 6.45) is 5.80. The quantitative estimate of drug-likeness (QED) is 0.251. The lowest BCUT2D eigenvalue weighted by molar-refractivity contribution is -0.135. The van der Waals surface area contributed by atoms with E-state index in [9.17, 15) is 14.4 Å². The Hall–Kier alpha value is -3.35. The van der Waals surface area contributed by atoms with Crippen LogP contribution < -0.4 is 10.6 Å². The fourth-order valence-corrected chi connectivity index (χ4v) is 5.90. The summed E-state index contributed by atoms with van der Waals surface area (Å²) < 4.78 is 5.43. The standard InChI is InChI=1S/C35H51N3O4/c1-27(25-35(2,3)4)23-32(39)36-20-12-11-17-31(37-34(41)42-26-30-15-9-6-10-16-30)33(40)38-21-18-29(19-22-38)24-28-13-7-5-8-14-28/h5-10,13-16,27,29,31H,11-12,17-26H2,1-4H3,(H,36,39)(H,37,41). The summed E-state index contributed by atoms with van der Waals surface area (Å²) in [6.45, 7) is 10.8. The predicted molar refractivity (Wildman–Crippen MR) is 168 cm³/mol. The summed E-state index contributed by atoms with van der Waals surface area (Å²) in [7, 11) is 0. The fourth-order valence-electron chi connectivity index (χ4n) is 5.90. The summed E-state index contributed by atoms with van der Waals surface area (Å²) in [5.74, 6) is 0.897. The van der Waals surface area contributed by atoms with Gasteiger partial charge < -0.3 is 20.3 Å². The summed E-state index contributed by atoms with van der Waals surface area (Å²) in [5.41, 5.74) is 2.43. The number of nitrogens with one attached hydrogen (secondary N) is 2. The number of likely N-dealkylation sites (tertiary alicyclic amines) is 1. The Morgan fingerprint density at radius 3 is 2.17 bits per heavy atom. The van der Waals surface area contributed by atoms with Crippen LogP contribution in [0.1, 0.15) is 83.8 Å². The van der Waals surface area contributed by atoms with Crippen LogP contribution in [-0.2, 0) is 27.4 Å². The van der Waals surface area contributed by atoms with E-state index in [1.54, 1.807) is 0 Å². The van der Waals surface area contributed by atoms with E-state index in [0.717, 1.165) is 37.7 Å². The largest absolute Gasteiger partial charge is 0.445 e. The van der Waals surface area contributed by atoms with Crippen molar-refractivity contribution in [2.24, 2.45) is 17.3 Å². The van der Waals surface area contributed by atoms with Gasteiger partial charge in [-0.05, 0) is 73.3 Å². The van der Waals surface area contributed by atoms with E-state index in [1.807, 2.05) is 41.3 Å². The molecule has 2 N–H and O–H groups in total. The number of carbonyl (C=O) groups excluding carboxylic acids is 3. The molecular formula is C35H51N3O4. The van der Waals surface area contributed by atoms with E-state index in [4.69, 9.17) is 4.74 Å². The first-order chi connectivity index (χ1) is 20.1. The predicted octanol–water partition coefficient (Wildman–Crippen LogP) is 6.51. The molecular weight excluding hydrogens is 526 g/mol. The van der Waals surface area contributed by atoms with Gasteiger partial charge in [0.2, 0.25) is 11.8 Å². The third-order valence-corrected chi connectivity index (χ3v) is 7.83. The molecule has 0 saturated carbocycles.